The molecule has 0 bridgehead atoms. The summed E-state index contributed by atoms with van der Waals surface area (Å²) < 4.78 is 5.16. The minimum atomic E-state index is -1.23. The van der Waals surface area contributed by atoms with Gasteiger partial charge >= 0.3 is 0 Å². The third-order valence-corrected chi connectivity index (χ3v) is 5.01. The molecule has 1 N–H and O–H groups in total. The molecular formula is C24H22NO6-. The number of aliphatic carboxylic acids is 1. The van der Waals surface area contributed by atoms with E-state index in [1.807, 2.05) is 30.3 Å². The van der Waals surface area contributed by atoms with Crippen molar-refractivity contribution in [2.45, 2.75) is 18.9 Å². The van der Waals surface area contributed by atoms with Gasteiger partial charge in [-0.05, 0) is 42.2 Å². The average molecular weight is 420 g/mol. The number of carbonyl (C=O) groups is 3. The first-order valence-electron chi connectivity index (χ1n) is 9.77. The summed E-state index contributed by atoms with van der Waals surface area (Å²) in [6, 6.07) is 15.1. The predicted molar refractivity (Wildman–Crippen MR) is 112 cm³/mol. The summed E-state index contributed by atoms with van der Waals surface area (Å²) in [6.45, 7) is 0.0484. The van der Waals surface area contributed by atoms with Gasteiger partial charge in [0.2, 0.25) is 0 Å². The first kappa shape index (κ1) is 21.8. The highest BCUT2D eigenvalue weighted by Gasteiger charge is 2.42. The number of carboxylic acid groups (broad SMARTS) is 1. The van der Waals surface area contributed by atoms with Gasteiger partial charge in [-0.2, -0.15) is 0 Å². The highest BCUT2D eigenvalue weighted by atomic mass is 16.5. The zero-order valence-corrected chi connectivity index (χ0v) is 17.0. The van der Waals surface area contributed by atoms with Gasteiger partial charge in [0.05, 0.1) is 18.7 Å². The molecule has 1 atom stereocenters. The molecule has 2 aromatic rings. The number of hydrogen-bond donors (Lipinski definition) is 1. The van der Waals surface area contributed by atoms with Gasteiger partial charge in [0.1, 0.15) is 5.75 Å². The summed E-state index contributed by atoms with van der Waals surface area (Å²) in [5.41, 5.74) is 1.35. The van der Waals surface area contributed by atoms with Crippen molar-refractivity contribution in [3.05, 3.63) is 83.1 Å². The number of benzene rings is 2. The van der Waals surface area contributed by atoms with Crippen LogP contribution in [0.4, 0.5) is 0 Å². The van der Waals surface area contributed by atoms with E-state index in [-0.39, 0.29) is 25.0 Å². The number of carboxylic acids is 1. The van der Waals surface area contributed by atoms with E-state index < -0.39 is 29.5 Å². The van der Waals surface area contributed by atoms with Crippen molar-refractivity contribution < 1.29 is 29.3 Å². The van der Waals surface area contributed by atoms with Crippen molar-refractivity contribution in [2.75, 3.05) is 13.7 Å². The monoisotopic (exact) mass is 420 g/mol. The van der Waals surface area contributed by atoms with Gasteiger partial charge < -0.3 is 24.6 Å². The van der Waals surface area contributed by atoms with Crippen molar-refractivity contribution in [1.82, 2.24) is 4.90 Å². The Morgan fingerprint density at radius 2 is 1.81 bits per heavy atom. The largest absolute Gasteiger partial charge is 0.550 e. The SMILES string of the molecule is COc1ccc([C@H]2C(C(=O)/C=C/c3ccccc3)=C(O)C(=O)N2CCCC(=O)[O-])cc1. The molecule has 3 rings (SSSR count). The summed E-state index contributed by atoms with van der Waals surface area (Å²) >= 11 is 0. The van der Waals surface area contributed by atoms with Crippen LogP contribution in [0, 0.1) is 0 Å². The van der Waals surface area contributed by atoms with Gasteiger partial charge in [-0.25, -0.2) is 0 Å². The molecule has 0 saturated heterocycles. The molecule has 1 amide bonds. The molecule has 0 radical (unpaired) electrons. The molecule has 1 aliphatic heterocycles. The fourth-order valence-electron chi connectivity index (χ4n) is 3.49. The van der Waals surface area contributed by atoms with Crippen LogP contribution in [0.3, 0.4) is 0 Å². The Morgan fingerprint density at radius 1 is 1.13 bits per heavy atom. The second-order valence-corrected chi connectivity index (χ2v) is 7.02. The molecule has 1 heterocycles. The number of allylic oxidation sites excluding steroid dienone is 1. The Kier molecular flexibility index (Phi) is 6.87. The van der Waals surface area contributed by atoms with Gasteiger partial charge in [-0.3, -0.25) is 9.59 Å². The van der Waals surface area contributed by atoms with Gasteiger partial charge in [0, 0.05) is 12.5 Å². The molecule has 0 fully saturated rings. The van der Waals surface area contributed by atoms with E-state index in [0.29, 0.717) is 11.3 Å². The second-order valence-electron chi connectivity index (χ2n) is 7.02. The molecule has 31 heavy (non-hydrogen) atoms. The van der Waals surface area contributed by atoms with Gasteiger partial charge in [-0.15, -0.1) is 0 Å². The van der Waals surface area contributed by atoms with Crippen LogP contribution in [-0.4, -0.2) is 41.3 Å². The molecule has 0 unspecified atom stereocenters. The molecule has 0 aromatic heterocycles. The standard InChI is InChI=1S/C24H23NO6/c1-31-18-12-10-17(11-13-18)22-21(19(26)14-9-16-6-3-2-4-7-16)23(29)24(30)25(22)15-5-8-20(27)28/h2-4,6-7,9-14,22,29H,5,8,15H2,1H3,(H,27,28)/p-1/b14-9+/t22-/m0/s1. The smallest absolute Gasteiger partial charge is 0.290 e. The van der Waals surface area contributed by atoms with Crippen LogP contribution in [-0.2, 0) is 14.4 Å². The molecule has 2 aromatic carbocycles. The summed E-state index contributed by atoms with van der Waals surface area (Å²) in [5, 5.41) is 21.3. The van der Waals surface area contributed by atoms with Crippen LogP contribution >= 0.6 is 0 Å². The number of ketones is 1. The zero-order chi connectivity index (χ0) is 22.4. The van der Waals surface area contributed by atoms with Gasteiger partial charge in [0.25, 0.3) is 5.91 Å². The van der Waals surface area contributed by atoms with Crippen molar-refractivity contribution >= 4 is 23.7 Å². The van der Waals surface area contributed by atoms with E-state index in [1.54, 1.807) is 30.3 Å². The maximum absolute atomic E-state index is 13.0. The van der Waals surface area contributed by atoms with Crippen LogP contribution < -0.4 is 9.84 Å². The number of aliphatic hydroxyl groups excluding tert-OH is 1. The Bertz CT molecular complexity index is 1020. The van der Waals surface area contributed by atoms with Crippen LogP contribution in [0.25, 0.3) is 6.08 Å². The summed E-state index contributed by atoms with van der Waals surface area (Å²) in [6.07, 6.45) is 2.82. The van der Waals surface area contributed by atoms with Crippen LogP contribution in [0.5, 0.6) is 5.75 Å². The van der Waals surface area contributed by atoms with E-state index in [1.165, 1.54) is 18.1 Å². The fraction of sp³-hybridized carbons (Fsp3) is 0.208. The normalized spacial score (nSPS) is 16.2. The lowest BCUT2D eigenvalue weighted by atomic mass is 9.95. The first-order valence-corrected chi connectivity index (χ1v) is 9.77. The molecule has 1 aliphatic rings. The van der Waals surface area contributed by atoms with Crippen molar-refractivity contribution in [2.24, 2.45) is 0 Å². The molecule has 7 nitrogen and oxygen atoms in total. The molecule has 0 saturated carbocycles. The number of aliphatic hydroxyl groups is 1. The zero-order valence-electron chi connectivity index (χ0n) is 17.0. The number of carbonyl (C=O) groups excluding carboxylic acids is 3. The van der Waals surface area contributed by atoms with Crippen LogP contribution in [0.1, 0.15) is 30.0 Å². The number of rotatable bonds is 9. The fourth-order valence-corrected chi connectivity index (χ4v) is 3.49. The highest BCUT2D eigenvalue weighted by Crippen LogP contribution is 2.38. The molecular weight excluding hydrogens is 398 g/mol. The van der Waals surface area contributed by atoms with E-state index in [9.17, 15) is 24.6 Å². The summed E-state index contributed by atoms with van der Waals surface area (Å²) in [7, 11) is 1.52. The van der Waals surface area contributed by atoms with E-state index in [0.717, 1.165) is 5.56 Å². The third kappa shape index (κ3) is 5.01. The van der Waals surface area contributed by atoms with Crippen molar-refractivity contribution in [3.63, 3.8) is 0 Å². The number of ether oxygens (including phenoxy) is 1. The third-order valence-electron chi connectivity index (χ3n) is 5.01. The molecule has 7 heteroatoms. The molecule has 0 aliphatic carbocycles. The quantitative estimate of drug-likeness (QED) is 0.624. The van der Waals surface area contributed by atoms with Crippen LogP contribution in [0.2, 0.25) is 0 Å². The lowest BCUT2D eigenvalue weighted by molar-refractivity contribution is -0.305. The lowest BCUT2D eigenvalue weighted by Gasteiger charge is -2.26. The number of nitrogens with zero attached hydrogens (tertiary/aromatic N) is 1. The van der Waals surface area contributed by atoms with Crippen molar-refractivity contribution in [1.29, 1.82) is 0 Å². The van der Waals surface area contributed by atoms with Crippen LogP contribution in [0.15, 0.2) is 72.0 Å². The minimum Gasteiger partial charge on any atom is -0.550 e. The van der Waals surface area contributed by atoms with E-state index in [4.69, 9.17) is 4.74 Å². The number of methoxy groups -OCH3 is 1. The first-order chi connectivity index (χ1) is 14.9. The van der Waals surface area contributed by atoms with Crippen molar-refractivity contribution in [3.8, 4) is 5.75 Å². The lowest BCUT2D eigenvalue weighted by Crippen LogP contribution is -2.33. The van der Waals surface area contributed by atoms with Gasteiger partial charge in [-0.1, -0.05) is 48.5 Å². The summed E-state index contributed by atoms with van der Waals surface area (Å²) in [5.74, 6) is -2.47. The highest BCUT2D eigenvalue weighted by molar-refractivity contribution is 6.14. The Hall–Kier alpha value is -3.87. The Balaban J connectivity index is 1.94. The number of hydrogen-bond acceptors (Lipinski definition) is 6. The van der Waals surface area contributed by atoms with E-state index in [2.05, 4.69) is 0 Å². The average Bonchev–Trinajstić information content (AvgIpc) is 3.03. The maximum Gasteiger partial charge on any atom is 0.290 e. The Morgan fingerprint density at radius 3 is 2.42 bits per heavy atom. The molecule has 0 spiro atoms. The topological polar surface area (TPSA) is 107 Å². The van der Waals surface area contributed by atoms with Gasteiger partial charge in [0.15, 0.2) is 11.5 Å². The van der Waals surface area contributed by atoms with E-state index >= 15 is 0 Å². The molecule has 160 valence electrons. The maximum atomic E-state index is 13.0. The predicted octanol–water partition coefficient (Wildman–Crippen LogP) is 2.20. The number of amides is 1. The minimum absolute atomic E-state index is 0.0456. The second kappa shape index (κ2) is 9.75. The summed E-state index contributed by atoms with van der Waals surface area (Å²) in [4.78, 5) is 37.8. The Labute approximate surface area is 179 Å².